The Morgan fingerprint density at radius 2 is 1.56 bits per heavy atom. The maximum absolute atomic E-state index is 4.57. The monoisotopic (exact) mass is 223 g/mol. The van der Waals surface area contributed by atoms with Crippen molar-refractivity contribution in [2.75, 3.05) is 0 Å². The standard InChI is InChI=1S/C13H25N3/c1-9(12(3,4)5)16-11(13(6,7)8)14-10(2)15-16/h9H,1-8H3. The van der Waals surface area contributed by atoms with Crippen LogP contribution in [0.1, 0.15) is 66.2 Å². The molecule has 0 aliphatic heterocycles. The minimum absolute atomic E-state index is 0.0424. The highest BCUT2D eigenvalue weighted by Crippen LogP contribution is 2.32. The Balaban J connectivity index is 3.24. The van der Waals surface area contributed by atoms with Gasteiger partial charge in [0.25, 0.3) is 0 Å². The molecule has 0 saturated heterocycles. The first-order valence-electron chi connectivity index (χ1n) is 5.97. The van der Waals surface area contributed by atoms with Gasteiger partial charge in [0.05, 0.1) is 6.04 Å². The number of hydrogen-bond acceptors (Lipinski definition) is 2. The molecular weight excluding hydrogens is 198 g/mol. The molecule has 1 heterocycles. The number of hydrogen-bond donors (Lipinski definition) is 0. The van der Waals surface area contributed by atoms with Gasteiger partial charge in [0.15, 0.2) is 0 Å². The number of aromatic nitrogens is 3. The van der Waals surface area contributed by atoms with Gasteiger partial charge in [-0.1, -0.05) is 41.5 Å². The zero-order valence-corrected chi connectivity index (χ0v) is 11.9. The van der Waals surface area contributed by atoms with Crippen LogP contribution in [0, 0.1) is 12.3 Å². The summed E-state index contributed by atoms with van der Waals surface area (Å²) in [5.41, 5.74) is 0.237. The van der Waals surface area contributed by atoms with E-state index in [0.717, 1.165) is 11.6 Å². The van der Waals surface area contributed by atoms with Crippen LogP contribution in [-0.4, -0.2) is 14.8 Å². The minimum atomic E-state index is 0.0424. The first-order valence-corrected chi connectivity index (χ1v) is 5.97. The average molecular weight is 223 g/mol. The summed E-state index contributed by atoms with van der Waals surface area (Å²) < 4.78 is 2.09. The predicted octanol–water partition coefficient (Wildman–Crippen LogP) is 3.49. The second-order valence-electron chi connectivity index (χ2n) is 6.72. The van der Waals surface area contributed by atoms with Crippen molar-refractivity contribution >= 4 is 0 Å². The van der Waals surface area contributed by atoms with E-state index in [9.17, 15) is 0 Å². The molecular formula is C13H25N3. The molecule has 0 bridgehead atoms. The van der Waals surface area contributed by atoms with Crippen molar-refractivity contribution in [1.29, 1.82) is 0 Å². The molecule has 1 aromatic rings. The first kappa shape index (κ1) is 13.2. The normalized spacial score (nSPS) is 15.2. The van der Waals surface area contributed by atoms with Crippen molar-refractivity contribution < 1.29 is 0 Å². The van der Waals surface area contributed by atoms with Crippen LogP contribution >= 0.6 is 0 Å². The Labute approximate surface area is 99.3 Å². The van der Waals surface area contributed by atoms with Crippen LogP contribution < -0.4 is 0 Å². The van der Waals surface area contributed by atoms with Gasteiger partial charge >= 0.3 is 0 Å². The zero-order chi connectivity index (χ0) is 12.7. The van der Waals surface area contributed by atoms with Crippen LogP contribution in [0.4, 0.5) is 0 Å². The van der Waals surface area contributed by atoms with Crippen molar-refractivity contribution in [2.45, 2.75) is 66.8 Å². The molecule has 0 spiro atoms. The summed E-state index contributed by atoms with van der Waals surface area (Å²) in [5.74, 6) is 1.94. The fraction of sp³-hybridized carbons (Fsp3) is 0.846. The maximum Gasteiger partial charge on any atom is 0.147 e. The molecule has 0 aliphatic carbocycles. The quantitative estimate of drug-likeness (QED) is 0.729. The van der Waals surface area contributed by atoms with Gasteiger partial charge in [0, 0.05) is 5.41 Å². The molecule has 92 valence electrons. The second-order valence-corrected chi connectivity index (χ2v) is 6.72. The largest absolute Gasteiger partial charge is 0.246 e. The Kier molecular flexibility index (Phi) is 3.19. The molecule has 0 aliphatic rings. The number of nitrogens with zero attached hydrogens (tertiary/aromatic N) is 3. The van der Waals surface area contributed by atoms with E-state index in [4.69, 9.17) is 0 Å². The molecule has 0 N–H and O–H groups in total. The second kappa shape index (κ2) is 3.86. The van der Waals surface area contributed by atoms with Gasteiger partial charge in [0.2, 0.25) is 0 Å². The van der Waals surface area contributed by atoms with Gasteiger partial charge in [-0.15, -0.1) is 0 Å². The van der Waals surface area contributed by atoms with Crippen molar-refractivity contribution in [1.82, 2.24) is 14.8 Å². The third-order valence-corrected chi connectivity index (χ3v) is 3.03. The van der Waals surface area contributed by atoms with Crippen LogP contribution in [-0.2, 0) is 5.41 Å². The molecule has 0 aromatic carbocycles. The lowest BCUT2D eigenvalue weighted by Crippen LogP contribution is -2.28. The molecule has 0 fully saturated rings. The molecule has 0 saturated carbocycles. The van der Waals surface area contributed by atoms with E-state index in [1.165, 1.54) is 0 Å². The smallest absolute Gasteiger partial charge is 0.147 e. The summed E-state index contributed by atoms with van der Waals surface area (Å²) in [6.45, 7) is 17.4. The average Bonchev–Trinajstić information content (AvgIpc) is 2.43. The van der Waals surface area contributed by atoms with E-state index < -0.39 is 0 Å². The lowest BCUT2D eigenvalue weighted by atomic mass is 9.87. The molecule has 3 nitrogen and oxygen atoms in total. The van der Waals surface area contributed by atoms with E-state index in [1.807, 2.05) is 6.92 Å². The third-order valence-electron chi connectivity index (χ3n) is 3.03. The zero-order valence-electron chi connectivity index (χ0n) is 11.9. The van der Waals surface area contributed by atoms with E-state index >= 15 is 0 Å². The fourth-order valence-electron chi connectivity index (χ4n) is 1.58. The Hall–Kier alpha value is -0.860. The van der Waals surface area contributed by atoms with Crippen LogP contribution in [0.5, 0.6) is 0 Å². The molecule has 1 unspecified atom stereocenters. The van der Waals surface area contributed by atoms with Crippen LogP contribution in [0.2, 0.25) is 0 Å². The summed E-state index contributed by atoms with van der Waals surface area (Å²) in [5, 5.41) is 4.55. The summed E-state index contributed by atoms with van der Waals surface area (Å²) in [7, 11) is 0. The molecule has 1 rings (SSSR count). The minimum Gasteiger partial charge on any atom is -0.246 e. The van der Waals surface area contributed by atoms with Crippen LogP contribution in [0.15, 0.2) is 0 Å². The SMILES string of the molecule is Cc1nc(C(C)(C)C)n(C(C)C(C)(C)C)n1. The Morgan fingerprint density at radius 1 is 1.06 bits per heavy atom. The Bertz CT molecular complexity index is 364. The summed E-state index contributed by atoms with van der Waals surface area (Å²) >= 11 is 0. The predicted molar refractivity (Wildman–Crippen MR) is 67.6 cm³/mol. The van der Waals surface area contributed by atoms with Gasteiger partial charge in [0.1, 0.15) is 11.6 Å². The molecule has 3 heteroatoms. The van der Waals surface area contributed by atoms with Gasteiger partial charge in [-0.25, -0.2) is 9.67 Å². The van der Waals surface area contributed by atoms with Gasteiger partial charge in [-0.05, 0) is 19.3 Å². The fourth-order valence-corrected chi connectivity index (χ4v) is 1.58. The molecule has 0 radical (unpaired) electrons. The highest BCUT2D eigenvalue weighted by atomic mass is 15.4. The van der Waals surface area contributed by atoms with Crippen molar-refractivity contribution in [3.8, 4) is 0 Å². The highest BCUT2D eigenvalue weighted by Gasteiger charge is 2.29. The molecule has 0 amide bonds. The molecule has 16 heavy (non-hydrogen) atoms. The Morgan fingerprint density at radius 3 is 1.94 bits per heavy atom. The lowest BCUT2D eigenvalue weighted by Gasteiger charge is -2.30. The van der Waals surface area contributed by atoms with Crippen molar-refractivity contribution in [3.63, 3.8) is 0 Å². The number of rotatable bonds is 1. The molecule has 1 aromatic heterocycles. The van der Waals surface area contributed by atoms with E-state index in [-0.39, 0.29) is 10.8 Å². The highest BCUT2D eigenvalue weighted by molar-refractivity contribution is 5.05. The van der Waals surface area contributed by atoms with Crippen molar-refractivity contribution in [3.05, 3.63) is 11.6 Å². The summed E-state index contributed by atoms with van der Waals surface area (Å²) in [6, 6.07) is 0.350. The van der Waals surface area contributed by atoms with Crippen molar-refractivity contribution in [2.24, 2.45) is 5.41 Å². The van der Waals surface area contributed by atoms with Gasteiger partial charge in [-0.3, -0.25) is 0 Å². The van der Waals surface area contributed by atoms with E-state index in [0.29, 0.717) is 6.04 Å². The van der Waals surface area contributed by atoms with Crippen LogP contribution in [0.25, 0.3) is 0 Å². The van der Waals surface area contributed by atoms with E-state index in [2.05, 4.69) is 63.2 Å². The first-order chi connectivity index (χ1) is 7.03. The van der Waals surface area contributed by atoms with Gasteiger partial charge < -0.3 is 0 Å². The summed E-state index contributed by atoms with van der Waals surface area (Å²) in [4.78, 5) is 4.57. The van der Waals surface area contributed by atoms with Crippen LogP contribution in [0.3, 0.4) is 0 Å². The third kappa shape index (κ3) is 2.63. The summed E-state index contributed by atoms with van der Waals surface area (Å²) in [6.07, 6.45) is 0. The van der Waals surface area contributed by atoms with Gasteiger partial charge in [-0.2, -0.15) is 5.10 Å². The van der Waals surface area contributed by atoms with E-state index in [1.54, 1.807) is 0 Å². The topological polar surface area (TPSA) is 30.7 Å². The number of aryl methyl sites for hydroxylation is 1. The maximum atomic E-state index is 4.57. The molecule has 1 atom stereocenters. The lowest BCUT2D eigenvalue weighted by molar-refractivity contribution is 0.231.